The van der Waals surface area contributed by atoms with E-state index in [4.69, 9.17) is 16.3 Å². The fourth-order valence-corrected chi connectivity index (χ4v) is 4.67. The van der Waals surface area contributed by atoms with Crippen molar-refractivity contribution in [2.75, 3.05) is 5.32 Å². The van der Waals surface area contributed by atoms with Crippen LogP contribution in [0.4, 0.5) is 11.4 Å². The smallest absolute Gasteiger partial charge is 0.270 e. The number of carbonyl (C=O) groups excluding carboxylic acids is 2. The number of halogens is 2. The number of anilines is 1. The Balaban J connectivity index is 1.41. The molecule has 3 aromatic rings. The third-order valence-electron chi connectivity index (χ3n) is 5.17. The largest absolute Gasteiger partial charge is 0.488 e. The average molecular weight is 617 g/mol. The quantitative estimate of drug-likeness (QED) is 0.184. The molecule has 1 saturated heterocycles. The monoisotopic (exact) mass is 615 g/mol. The number of non-ortho nitro benzene ring substituents is 1. The number of nitro benzene ring substituents is 1. The molecule has 0 aliphatic carbocycles. The number of nitrogens with one attached hydrogen (secondary N) is 2. The molecular formula is C25H19BrClN5O5S. The standard InChI is InChI=1S/C25H19BrClN5O5S/c26-17-5-7-18(8-6-17)29-23(33)12-22-24(34)30-25(38-22)31-28-13-16-11-19(32(35)36)9-10-21(16)37-14-15-3-1-2-4-20(15)27/h1-11,13,22H,12,14H2,(H,29,33)(H,30,31,34). The Hall–Kier alpha value is -3.74. The molecule has 0 saturated carbocycles. The normalized spacial score (nSPS) is 16.0. The van der Waals surface area contributed by atoms with E-state index in [-0.39, 0.29) is 35.7 Å². The van der Waals surface area contributed by atoms with E-state index in [2.05, 4.69) is 36.8 Å². The van der Waals surface area contributed by atoms with Gasteiger partial charge in [-0.05, 0) is 36.4 Å². The summed E-state index contributed by atoms with van der Waals surface area (Å²) in [5.41, 5.74) is 1.53. The predicted octanol–water partition coefficient (Wildman–Crippen LogP) is 5.54. The summed E-state index contributed by atoms with van der Waals surface area (Å²) in [4.78, 5) is 35.4. The molecule has 38 heavy (non-hydrogen) atoms. The lowest BCUT2D eigenvalue weighted by Gasteiger charge is -2.10. The molecule has 10 nitrogen and oxygen atoms in total. The highest BCUT2D eigenvalue weighted by molar-refractivity contribution is 9.10. The lowest BCUT2D eigenvalue weighted by molar-refractivity contribution is -0.384. The number of hydrogen-bond acceptors (Lipinski definition) is 8. The van der Waals surface area contributed by atoms with E-state index in [1.54, 1.807) is 36.4 Å². The third kappa shape index (κ3) is 7.40. The minimum atomic E-state index is -0.674. The molecule has 0 spiro atoms. The maximum atomic E-state index is 12.4. The van der Waals surface area contributed by atoms with Gasteiger partial charge in [0, 0.05) is 44.9 Å². The van der Waals surface area contributed by atoms with Gasteiger partial charge < -0.3 is 15.4 Å². The van der Waals surface area contributed by atoms with Crippen molar-refractivity contribution in [3.63, 3.8) is 0 Å². The summed E-state index contributed by atoms with van der Waals surface area (Å²) in [6.45, 7) is 0.142. The molecule has 1 fully saturated rings. The van der Waals surface area contributed by atoms with E-state index >= 15 is 0 Å². The van der Waals surface area contributed by atoms with Gasteiger partial charge in [-0.2, -0.15) is 5.10 Å². The van der Waals surface area contributed by atoms with Crippen LogP contribution in [0.25, 0.3) is 0 Å². The lowest BCUT2D eigenvalue weighted by Crippen LogP contribution is -2.28. The number of thioether (sulfide) groups is 1. The summed E-state index contributed by atoms with van der Waals surface area (Å²) in [6, 6.07) is 18.3. The van der Waals surface area contributed by atoms with Crippen LogP contribution in [0.5, 0.6) is 5.75 Å². The Morgan fingerprint density at radius 3 is 2.71 bits per heavy atom. The van der Waals surface area contributed by atoms with E-state index in [0.717, 1.165) is 21.8 Å². The van der Waals surface area contributed by atoms with Crippen LogP contribution in [0.2, 0.25) is 5.02 Å². The molecule has 194 valence electrons. The minimum absolute atomic E-state index is 0.0553. The SMILES string of the molecule is O=C(CC1SC(=NN=Cc2cc([N+](=O)[O-])ccc2OCc2ccccc2Cl)NC1=O)Nc1ccc(Br)cc1. The minimum Gasteiger partial charge on any atom is -0.488 e. The second-order valence-electron chi connectivity index (χ2n) is 7.86. The summed E-state index contributed by atoms with van der Waals surface area (Å²) >= 11 is 10.6. The molecule has 0 radical (unpaired) electrons. The molecule has 3 aromatic carbocycles. The Morgan fingerprint density at radius 1 is 1.21 bits per heavy atom. The topological polar surface area (TPSA) is 135 Å². The summed E-state index contributed by atoms with van der Waals surface area (Å²) in [7, 11) is 0. The second-order valence-corrected chi connectivity index (χ2v) is 10.4. The van der Waals surface area contributed by atoms with Crippen LogP contribution in [0.15, 0.2) is 81.4 Å². The van der Waals surface area contributed by atoms with Gasteiger partial charge in [0.1, 0.15) is 17.6 Å². The molecule has 0 aromatic heterocycles. The van der Waals surface area contributed by atoms with Crippen LogP contribution in [0.3, 0.4) is 0 Å². The summed E-state index contributed by atoms with van der Waals surface area (Å²) in [5.74, 6) is -0.347. The molecule has 1 heterocycles. The van der Waals surface area contributed by atoms with Crippen LogP contribution in [0.1, 0.15) is 17.5 Å². The van der Waals surface area contributed by atoms with Crippen molar-refractivity contribution in [2.45, 2.75) is 18.3 Å². The highest BCUT2D eigenvalue weighted by Gasteiger charge is 2.32. The maximum absolute atomic E-state index is 12.4. The van der Waals surface area contributed by atoms with Gasteiger partial charge in [0.2, 0.25) is 11.8 Å². The van der Waals surface area contributed by atoms with Gasteiger partial charge in [0.05, 0.1) is 11.1 Å². The molecule has 1 aliphatic heterocycles. The Labute approximate surface area is 234 Å². The maximum Gasteiger partial charge on any atom is 0.270 e. The van der Waals surface area contributed by atoms with Gasteiger partial charge in [0.25, 0.3) is 5.69 Å². The third-order valence-corrected chi connectivity index (χ3v) is 7.14. The van der Waals surface area contributed by atoms with E-state index < -0.39 is 10.2 Å². The Morgan fingerprint density at radius 2 is 1.97 bits per heavy atom. The van der Waals surface area contributed by atoms with E-state index in [0.29, 0.717) is 22.0 Å². The second kappa shape index (κ2) is 12.7. The van der Waals surface area contributed by atoms with Gasteiger partial charge >= 0.3 is 0 Å². The van der Waals surface area contributed by atoms with Crippen molar-refractivity contribution in [1.29, 1.82) is 0 Å². The van der Waals surface area contributed by atoms with E-state index in [1.165, 1.54) is 24.4 Å². The first-order valence-electron chi connectivity index (χ1n) is 11.1. The van der Waals surface area contributed by atoms with Gasteiger partial charge in [0.15, 0.2) is 5.17 Å². The summed E-state index contributed by atoms with van der Waals surface area (Å²) in [6.07, 6.45) is 1.24. The number of hydrogen-bond donors (Lipinski definition) is 2. The van der Waals surface area contributed by atoms with Crippen molar-refractivity contribution < 1.29 is 19.2 Å². The molecular weight excluding hydrogens is 598 g/mol. The molecule has 4 rings (SSSR count). The highest BCUT2D eigenvalue weighted by Crippen LogP contribution is 2.26. The fourth-order valence-electron chi connectivity index (χ4n) is 3.30. The molecule has 0 bridgehead atoms. The van der Waals surface area contributed by atoms with Crippen LogP contribution in [-0.4, -0.2) is 33.4 Å². The number of amidine groups is 1. The molecule has 1 atom stereocenters. The lowest BCUT2D eigenvalue weighted by atomic mass is 10.2. The fraction of sp³-hybridized carbons (Fsp3) is 0.120. The van der Waals surface area contributed by atoms with Gasteiger partial charge in [-0.3, -0.25) is 19.7 Å². The van der Waals surface area contributed by atoms with Crippen LogP contribution in [0, 0.1) is 10.1 Å². The van der Waals surface area contributed by atoms with Crippen molar-refractivity contribution in [3.05, 3.63) is 97.5 Å². The van der Waals surface area contributed by atoms with Crippen molar-refractivity contribution in [3.8, 4) is 5.75 Å². The zero-order chi connectivity index (χ0) is 27.1. The van der Waals surface area contributed by atoms with Crippen LogP contribution >= 0.6 is 39.3 Å². The van der Waals surface area contributed by atoms with E-state index in [1.807, 2.05) is 12.1 Å². The number of ether oxygens (including phenoxy) is 1. The summed E-state index contributed by atoms with van der Waals surface area (Å²) < 4.78 is 6.71. The van der Waals surface area contributed by atoms with Crippen molar-refractivity contribution >= 4 is 73.9 Å². The molecule has 2 N–H and O–H groups in total. The molecule has 1 unspecified atom stereocenters. The summed E-state index contributed by atoms with van der Waals surface area (Å²) in [5, 5.41) is 24.6. The molecule has 1 aliphatic rings. The first-order chi connectivity index (χ1) is 18.3. The first-order valence-corrected chi connectivity index (χ1v) is 13.1. The number of rotatable bonds is 9. The first kappa shape index (κ1) is 27.3. The zero-order valence-corrected chi connectivity index (χ0v) is 22.6. The van der Waals surface area contributed by atoms with Gasteiger partial charge in [-0.15, -0.1) is 5.10 Å². The Bertz CT molecular complexity index is 1430. The number of nitrogens with zero attached hydrogens (tertiary/aromatic N) is 3. The van der Waals surface area contributed by atoms with Crippen molar-refractivity contribution in [1.82, 2.24) is 5.32 Å². The van der Waals surface area contributed by atoms with Gasteiger partial charge in [-0.25, -0.2) is 0 Å². The van der Waals surface area contributed by atoms with Crippen LogP contribution in [-0.2, 0) is 16.2 Å². The number of nitro groups is 1. The predicted molar refractivity (Wildman–Crippen MR) is 151 cm³/mol. The number of carbonyl (C=O) groups is 2. The highest BCUT2D eigenvalue weighted by atomic mass is 79.9. The van der Waals surface area contributed by atoms with E-state index in [9.17, 15) is 19.7 Å². The number of amides is 2. The number of benzene rings is 3. The molecule has 13 heteroatoms. The Kier molecular flexibility index (Phi) is 9.10. The van der Waals surface area contributed by atoms with Crippen LogP contribution < -0.4 is 15.4 Å². The molecule has 2 amide bonds. The van der Waals surface area contributed by atoms with Crippen molar-refractivity contribution in [2.24, 2.45) is 10.2 Å². The van der Waals surface area contributed by atoms with Gasteiger partial charge in [-0.1, -0.05) is 57.5 Å². The average Bonchev–Trinajstić information content (AvgIpc) is 3.23. The zero-order valence-electron chi connectivity index (χ0n) is 19.5.